The summed E-state index contributed by atoms with van der Waals surface area (Å²) in [7, 11) is 0. The minimum absolute atomic E-state index is 0.480. The molecule has 1 aromatic rings. The van der Waals surface area contributed by atoms with E-state index in [1.807, 2.05) is 0 Å². The summed E-state index contributed by atoms with van der Waals surface area (Å²) in [5, 5.41) is 20.2. The van der Waals surface area contributed by atoms with Gasteiger partial charge in [-0.25, -0.2) is 0 Å². The van der Waals surface area contributed by atoms with Crippen LogP contribution in [0.4, 0.5) is 0 Å². The zero-order chi connectivity index (χ0) is 24.1. The zero-order valence-electron chi connectivity index (χ0n) is 20.7. The van der Waals surface area contributed by atoms with Crippen molar-refractivity contribution in [3.63, 3.8) is 0 Å². The van der Waals surface area contributed by atoms with Crippen LogP contribution in [-0.2, 0) is 9.59 Å². The lowest BCUT2D eigenvalue weighted by atomic mass is 9.81. The van der Waals surface area contributed by atoms with Gasteiger partial charge in [-0.2, -0.15) is 0 Å². The molecule has 5 nitrogen and oxygen atoms in total. The van der Waals surface area contributed by atoms with E-state index in [0.717, 1.165) is 44.9 Å². The van der Waals surface area contributed by atoms with Crippen LogP contribution in [0.2, 0.25) is 0 Å². The SMILES string of the molecule is CCCCCOc1cccc(C(CCCC(C)C)C(=O)O)c1C(CCCC(C)C)C(=O)O. The molecule has 2 N–H and O–H groups in total. The van der Waals surface area contributed by atoms with Crippen molar-refractivity contribution in [3.05, 3.63) is 29.3 Å². The van der Waals surface area contributed by atoms with Crippen LogP contribution in [0.5, 0.6) is 5.75 Å². The van der Waals surface area contributed by atoms with E-state index in [1.165, 1.54) is 0 Å². The van der Waals surface area contributed by atoms with Crippen LogP contribution in [0, 0.1) is 11.8 Å². The number of benzene rings is 1. The van der Waals surface area contributed by atoms with Crippen molar-refractivity contribution in [2.75, 3.05) is 6.61 Å². The number of rotatable bonds is 17. The van der Waals surface area contributed by atoms with Gasteiger partial charge in [0.25, 0.3) is 0 Å². The monoisotopic (exact) mass is 448 g/mol. The van der Waals surface area contributed by atoms with E-state index in [1.54, 1.807) is 18.2 Å². The van der Waals surface area contributed by atoms with Crippen LogP contribution in [0.1, 0.15) is 115 Å². The molecular formula is C27H44O5. The van der Waals surface area contributed by atoms with E-state index in [4.69, 9.17) is 4.74 Å². The Morgan fingerprint density at radius 1 is 0.812 bits per heavy atom. The van der Waals surface area contributed by atoms with Crippen molar-refractivity contribution in [2.45, 2.75) is 104 Å². The summed E-state index contributed by atoms with van der Waals surface area (Å²) in [6.07, 6.45) is 7.44. The Labute approximate surface area is 194 Å². The summed E-state index contributed by atoms with van der Waals surface area (Å²) in [6.45, 7) is 11.1. The Bertz CT molecular complexity index is 695. The van der Waals surface area contributed by atoms with Crippen LogP contribution in [-0.4, -0.2) is 28.8 Å². The van der Waals surface area contributed by atoms with Crippen molar-refractivity contribution in [1.82, 2.24) is 0 Å². The van der Waals surface area contributed by atoms with Gasteiger partial charge >= 0.3 is 11.9 Å². The standard InChI is InChI=1S/C27H44O5/c1-6-7-8-18-32-24-17-11-14-21(22(26(28)29)15-9-12-19(2)3)25(24)23(27(30)31)16-10-13-20(4)5/h11,14,17,19-20,22-23H,6-10,12-13,15-16,18H2,1-5H3,(H,28,29)(H,30,31). The summed E-state index contributed by atoms with van der Waals surface area (Å²) in [5.74, 6) is -1.78. The van der Waals surface area contributed by atoms with E-state index < -0.39 is 23.8 Å². The Hall–Kier alpha value is -2.04. The fourth-order valence-corrected chi connectivity index (χ4v) is 4.16. The van der Waals surface area contributed by atoms with Crippen molar-refractivity contribution >= 4 is 11.9 Å². The van der Waals surface area contributed by atoms with E-state index in [0.29, 0.717) is 48.2 Å². The van der Waals surface area contributed by atoms with Crippen LogP contribution >= 0.6 is 0 Å². The fraction of sp³-hybridized carbons (Fsp3) is 0.704. The highest BCUT2D eigenvalue weighted by Crippen LogP contribution is 2.39. The molecule has 0 saturated carbocycles. The maximum atomic E-state index is 12.3. The summed E-state index contributed by atoms with van der Waals surface area (Å²) in [5.41, 5.74) is 1.17. The number of unbranched alkanes of at least 4 members (excludes halogenated alkanes) is 2. The number of hydrogen-bond acceptors (Lipinski definition) is 3. The molecule has 0 radical (unpaired) electrons. The third-order valence-corrected chi connectivity index (χ3v) is 5.97. The second-order valence-electron chi connectivity index (χ2n) is 9.75. The lowest BCUT2D eigenvalue weighted by molar-refractivity contribution is -0.140. The minimum atomic E-state index is -0.911. The Morgan fingerprint density at radius 3 is 1.88 bits per heavy atom. The molecule has 32 heavy (non-hydrogen) atoms. The van der Waals surface area contributed by atoms with Crippen LogP contribution in [0.15, 0.2) is 18.2 Å². The highest BCUT2D eigenvalue weighted by Gasteiger charge is 2.31. The van der Waals surface area contributed by atoms with Crippen LogP contribution < -0.4 is 4.74 Å². The largest absolute Gasteiger partial charge is 0.493 e. The summed E-state index contributed by atoms with van der Waals surface area (Å²) in [6, 6.07) is 5.40. The quantitative estimate of drug-likeness (QED) is 0.245. The number of aliphatic carboxylic acids is 2. The minimum Gasteiger partial charge on any atom is -0.493 e. The molecule has 0 aliphatic rings. The summed E-state index contributed by atoms with van der Waals surface area (Å²) in [4.78, 5) is 24.6. The number of hydrogen-bond donors (Lipinski definition) is 2. The van der Waals surface area contributed by atoms with E-state index >= 15 is 0 Å². The maximum Gasteiger partial charge on any atom is 0.311 e. The number of carboxylic acids is 2. The number of carboxylic acid groups (broad SMARTS) is 2. The zero-order valence-corrected chi connectivity index (χ0v) is 20.7. The second-order valence-corrected chi connectivity index (χ2v) is 9.75. The topological polar surface area (TPSA) is 83.8 Å². The van der Waals surface area contributed by atoms with Gasteiger partial charge in [-0.05, 0) is 42.7 Å². The van der Waals surface area contributed by atoms with Gasteiger partial charge in [0.1, 0.15) is 5.75 Å². The number of carbonyl (C=O) groups is 2. The van der Waals surface area contributed by atoms with Gasteiger partial charge < -0.3 is 14.9 Å². The van der Waals surface area contributed by atoms with Crippen LogP contribution in [0.25, 0.3) is 0 Å². The Balaban J connectivity index is 3.35. The maximum absolute atomic E-state index is 12.3. The first-order chi connectivity index (χ1) is 15.2. The van der Waals surface area contributed by atoms with E-state index in [9.17, 15) is 19.8 Å². The average molecular weight is 449 g/mol. The van der Waals surface area contributed by atoms with Gasteiger partial charge in [0.2, 0.25) is 0 Å². The van der Waals surface area contributed by atoms with E-state index in [2.05, 4.69) is 34.6 Å². The molecule has 0 aliphatic heterocycles. The fourth-order valence-electron chi connectivity index (χ4n) is 4.16. The molecule has 2 unspecified atom stereocenters. The van der Waals surface area contributed by atoms with Crippen molar-refractivity contribution in [3.8, 4) is 5.75 Å². The first-order valence-electron chi connectivity index (χ1n) is 12.4. The summed E-state index contributed by atoms with van der Waals surface area (Å²) >= 11 is 0. The van der Waals surface area contributed by atoms with Gasteiger partial charge in [-0.3, -0.25) is 9.59 Å². The molecule has 0 amide bonds. The second kappa shape index (κ2) is 14.9. The predicted octanol–water partition coefficient (Wildman–Crippen LogP) is 7.24. The summed E-state index contributed by atoms with van der Waals surface area (Å²) < 4.78 is 6.05. The Kier molecular flexibility index (Phi) is 13.0. The molecule has 0 aliphatic carbocycles. The van der Waals surface area contributed by atoms with E-state index in [-0.39, 0.29) is 0 Å². The van der Waals surface area contributed by atoms with Crippen molar-refractivity contribution < 1.29 is 24.5 Å². The molecule has 1 rings (SSSR count). The molecule has 0 saturated heterocycles. The predicted molar refractivity (Wildman–Crippen MR) is 130 cm³/mol. The van der Waals surface area contributed by atoms with Gasteiger partial charge in [-0.1, -0.05) is 85.3 Å². The molecule has 5 heteroatoms. The molecule has 0 bridgehead atoms. The lowest BCUT2D eigenvalue weighted by Crippen LogP contribution is -2.20. The highest BCUT2D eigenvalue weighted by molar-refractivity contribution is 5.82. The van der Waals surface area contributed by atoms with Gasteiger partial charge in [-0.15, -0.1) is 0 Å². The third kappa shape index (κ3) is 9.62. The number of ether oxygens (including phenoxy) is 1. The van der Waals surface area contributed by atoms with Crippen molar-refractivity contribution in [2.24, 2.45) is 11.8 Å². The van der Waals surface area contributed by atoms with Gasteiger partial charge in [0.05, 0.1) is 18.4 Å². The molecule has 0 fully saturated rings. The molecule has 0 spiro atoms. The Morgan fingerprint density at radius 2 is 1.38 bits per heavy atom. The molecule has 182 valence electrons. The lowest BCUT2D eigenvalue weighted by Gasteiger charge is -2.24. The first-order valence-corrected chi connectivity index (χ1v) is 12.4. The average Bonchev–Trinajstić information content (AvgIpc) is 2.71. The molecule has 0 heterocycles. The van der Waals surface area contributed by atoms with Gasteiger partial charge in [0, 0.05) is 5.56 Å². The molecule has 0 aromatic heterocycles. The normalized spacial score (nSPS) is 13.3. The third-order valence-electron chi connectivity index (χ3n) is 5.97. The van der Waals surface area contributed by atoms with Crippen LogP contribution in [0.3, 0.4) is 0 Å². The van der Waals surface area contributed by atoms with Crippen molar-refractivity contribution in [1.29, 1.82) is 0 Å². The first kappa shape index (κ1) is 28.0. The van der Waals surface area contributed by atoms with Gasteiger partial charge in [0.15, 0.2) is 0 Å². The molecule has 1 aromatic carbocycles. The smallest absolute Gasteiger partial charge is 0.311 e. The molecular weight excluding hydrogens is 404 g/mol. The molecule has 2 atom stereocenters. The highest BCUT2D eigenvalue weighted by atomic mass is 16.5.